The lowest BCUT2D eigenvalue weighted by atomic mass is 10.2. The Morgan fingerprint density at radius 3 is 2.79 bits per heavy atom. The molecule has 1 N–H and O–H groups in total. The fraction of sp³-hybridized carbons (Fsp3) is 0.538. The van der Waals surface area contributed by atoms with Crippen LogP contribution >= 0.6 is 27.3 Å². The number of carbonyl (C=O) groups excluding carboxylic acids is 2. The number of thiophene rings is 1. The van der Waals surface area contributed by atoms with Crippen molar-refractivity contribution in [2.24, 2.45) is 0 Å². The van der Waals surface area contributed by atoms with Gasteiger partial charge in [-0.3, -0.25) is 14.5 Å². The zero-order valence-corrected chi connectivity index (χ0v) is 12.8. The van der Waals surface area contributed by atoms with E-state index in [0.717, 1.165) is 29.6 Å². The van der Waals surface area contributed by atoms with Crippen molar-refractivity contribution in [2.75, 3.05) is 6.54 Å². The third kappa shape index (κ3) is 2.90. The summed E-state index contributed by atoms with van der Waals surface area (Å²) in [6.07, 6.45) is 3.17. The number of halogens is 1. The Morgan fingerprint density at radius 2 is 2.16 bits per heavy atom. The summed E-state index contributed by atoms with van der Waals surface area (Å²) in [5.41, 5.74) is 0. The standard InChI is InChI=1S/C13H15BrN2O2S/c14-11-4-3-9(19-11)5-6-15-10-7-12(17)16(13(10)18)8-1-2-8/h3-4,8,10,15H,1-2,5-7H2. The van der Waals surface area contributed by atoms with Gasteiger partial charge in [0.2, 0.25) is 11.8 Å². The molecule has 1 saturated carbocycles. The zero-order chi connectivity index (χ0) is 13.4. The number of rotatable bonds is 5. The average Bonchev–Trinajstić information content (AvgIpc) is 3.04. The smallest absolute Gasteiger partial charge is 0.247 e. The van der Waals surface area contributed by atoms with Crippen LogP contribution in [-0.4, -0.2) is 35.3 Å². The second-order valence-corrected chi connectivity index (χ2v) is 7.55. The molecule has 2 heterocycles. The predicted molar refractivity (Wildman–Crippen MR) is 77.0 cm³/mol. The van der Waals surface area contributed by atoms with Crippen molar-refractivity contribution in [3.8, 4) is 0 Å². The van der Waals surface area contributed by atoms with Crippen molar-refractivity contribution in [3.63, 3.8) is 0 Å². The van der Waals surface area contributed by atoms with Crippen LogP contribution in [0.3, 0.4) is 0 Å². The maximum atomic E-state index is 12.1. The van der Waals surface area contributed by atoms with Gasteiger partial charge >= 0.3 is 0 Å². The highest BCUT2D eigenvalue weighted by Crippen LogP contribution is 2.31. The highest BCUT2D eigenvalue weighted by Gasteiger charge is 2.45. The second kappa shape index (κ2) is 5.34. The number of carbonyl (C=O) groups is 2. The van der Waals surface area contributed by atoms with E-state index in [9.17, 15) is 9.59 Å². The molecule has 4 nitrogen and oxygen atoms in total. The lowest BCUT2D eigenvalue weighted by Crippen LogP contribution is -2.40. The topological polar surface area (TPSA) is 49.4 Å². The van der Waals surface area contributed by atoms with Gasteiger partial charge in [-0.25, -0.2) is 0 Å². The molecular weight excluding hydrogens is 328 g/mol. The zero-order valence-electron chi connectivity index (χ0n) is 10.4. The summed E-state index contributed by atoms with van der Waals surface area (Å²) in [5.74, 6) is -0.0382. The summed E-state index contributed by atoms with van der Waals surface area (Å²) in [7, 11) is 0. The molecule has 2 aliphatic rings. The Bertz CT molecular complexity index is 512. The molecule has 1 saturated heterocycles. The summed E-state index contributed by atoms with van der Waals surface area (Å²) >= 11 is 5.13. The number of hydrogen-bond donors (Lipinski definition) is 1. The summed E-state index contributed by atoms with van der Waals surface area (Å²) in [4.78, 5) is 26.6. The second-order valence-electron chi connectivity index (χ2n) is 5.00. The maximum absolute atomic E-state index is 12.1. The molecule has 102 valence electrons. The van der Waals surface area contributed by atoms with Crippen molar-refractivity contribution >= 4 is 39.1 Å². The summed E-state index contributed by atoms with van der Waals surface area (Å²) < 4.78 is 1.12. The van der Waals surface area contributed by atoms with Crippen LogP contribution in [0.25, 0.3) is 0 Å². The van der Waals surface area contributed by atoms with Gasteiger partial charge in [-0.05, 0) is 47.3 Å². The van der Waals surface area contributed by atoms with E-state index in [2.05, 4.69) is 27.3 Å². The van der Waals surface area contributed by atoms with Gasteiger partial charge in [0.15, 0.2) is 0 Å². The first-order valence-corrected chi connectivity index (χ1v) is 8.09. The van der Waals surface area contributed by atoms with E-state index in [0.29, 0.717) is 6.42 Å². The molecule has 1 aromatic rings. The molecule has 1 aromatic heterocycles. The minimum Gasteiger partial charge on any atom is -0.305 e. The Kier molecular flexibility index (Phi) is 3.73. The number of nitrogens with one attached hydrogen (secondary N) is 1. The number of nitrogens with zero attached hydrogens (tertiary/aromatic N) is 1. The molecule has 2 amide bonds. The first-order valence-electron chi connectivity index (χ1n) is 6.48. The molecule has 1 atom stereocenters. The first-order chi connectivity index (χ1) is 9.15. The molecule has 0 radical (unpaired) electrons. The van der Waals surface area contributed by atoms with Gasteiger partial charge in [0.1, 0.15) is 0 Å². The lowest BCUT2D eigenvalue weighted by Gasteiger charge is -2.14. The lowest BCUT2D eigenvalue weighted by molar-refractivity contribution is -0.139. The minimum atomic E-state index is -0.309. The van der Waals surface area contributed by atoms with E-state index < -0.39 is 0 Å². The van der Waals surface area contributed by atoms with Gasteiger partial charge in [0, 0.05) is 17.5 Å². The van der Waals surface area contributed by atoms with Gasteiger partial charge < -0.3 is 5.32 Å². The summed E-state index contributed by atoms with van der Waals surface area (Å²) in [5, 5.41) is 3.21. The van der Waals surface area contributed by atoms with Crippen molar-refractivity contribution < 1.29 is 9.59 Å². The maximum Gasteiger partial charge on any atom is 0.247 e. The molecule has 0 aromatic carbocycles. The molecule has 6 heteroatoms. The summed E-state index contributed by atoms with van der Waals surface area (Å²) in [6.45, 7) is 0.731. The Labute approximate surface area is 124 Å². The van der Waals surface area contributed by atoms with Gasteiger partial charge in [-0.2, -0.15) is 0 Å². The van der Waals surface area contributed by atoms with Crippen LogP contribution in [-0.2, 0) is 16.0 Å². The number of hydrogen-bond acceptors (Lipinski definition) is 4. The van der Waals surface area contributed by atoms with Gasteiger partial charge in [-0.15, -0.1) is 11.3 Å². The van der Waals surface area contributed by atoms with E-state index in [1.807, 2.05) is 6.07 Å². The minimum absolute atomic E-state index is 0.0103. The molecule has 19 heavy (non-hydrogen) atoms. The summed E-state index contributed by atoms with van der Waals surface area (Å²) in [6, 6.07) is 3.99. The van der Waals surface area contributed by atoms with Crippen LogP contribution in [0.15, 0.2) is 15.9 Å². The van der Waals surface area contributed by atoms with E-state index in [1.165, 1.54) is 9.78 Å². The third-order valence-electron chi connectivity index (χ3n) is 3.49. The number of imide groups is 1. The first kappa shape index (κ1) is 13.3. The monoisotopic (exact) mass is 342 g/mol. The van der Waals surface area contributed by atoms with Crippen LogP contribution in [0.1, 0.15) is 24.1 Å². The molecule has 1 unspecified atom stereocenters. The van der Waals surface area contributed by atoms with Crippen LogP contribution in [0.5, 0.6) is 0 Å². The largest absolute Gasteiger partial charge is 0.305 e. The number of amides is 2. The molecule has 1 aliphatic heterocycles. The molecule has 2 fully saturated rings. The van der Waals surface area contributed by atoms with E-state index in [1.54, 1.807) is 11.3 Å². The van der Waals surface area contributed by atoms with Gasteiger partial charge in [0.25, 0.3) is 0 Å². The van der Waals surface area contributed by atoms with Crippen molar-refractivity contribution in [3.05, 3.63) is 20.8 Å². The Hall–Kier alpha value is -0.720. The van der Waals surface area contributed by atoms with Crippen LogP contribution < -0.4 is 5.32 Å². The van der Waals surface area contributed by atoms with E-state index >= 15 is 0 Å². The Balaban J connectivity index is 1.50. The van der Waals surface area contributed by atoms with Crippen molar-refractivity contribution in [1.82, 2.24) is 10.2 Å². The van der Waals surface area contributed by atoms with Crippen LogP contribution in [0, 0.1) is 0 Å². The quantitative estimate of drug-likeness (QED) is 0.832. The highest BCUT2D eigenvalue weighted by molar-refractivity contribution is 9.11. The molecule has 3 rings (SSSR count). The molecule has 0 spiro atoms. The van der Waals surface area contributed by atoms with Gasteiger partial charge in [0.05, 0.1) is 16.2 Å². The SMILES string of the molecule is O=C1CC(NCCc2ccc(Br)s2)C(=O)N1C1CC1. The van der Waals surface area contributed by atoms with E-state index in [4.69, 9.17) is 0 Å². The van der Waals surface area contributed by atoms with Crippen molar-refractivity contribution in [1.29, 1.82) is 0 Å². The van der Waals surface area contributed by atoms with Crippen LogP contribution in [0.4, 0.5) is 0 Å². The molecule has 0 bridgehead atoms. The number of likely N-dealkylation sites (tertiary alicyclic amines) is 1. The molecular formula is C13H15BrN2O2S. The third-order valence-corrected chi connectivity index (χ3v) is 5.17. The average molecular weight is 343 g/mol. The fourth-order valence-electron chi connectivity index (χ4n) is 2.38. The normalized spacial score (nSPS) is 23.4. The highest BCUT2D eigenvalue weighted by atomic mass is 79.9. The Morgan fingerprint density at radius 1 is 1.37 bits per heavy atom. The van der Waals surface area contributed by atoms with Gasteiger partial charge in [-0.1, -0.05) is 0 Å². The van der Waals surface area contributed by atoms with Crippen LogP contribution in [0.2, 0.25) is 0 Å². The van der Waals surface area contributed by atoms with E-state index in [-0.39, 0.29) is 23.9 Å². The van der Waals surface area contributed by atoms with Crippen molar-refractivity contribution in [2.45, 2.75) is 37.8 Å². The molecule has 1 aliphatic carbocycles. The predicted octanol–water partition coefficient (Wildman–Crippen LogP) is 1.93. The fourth-order valence-corrected chi connectivity index (χ4v) is 3.87.